The van der Waals surface area contributed by atoms with Gasteiger partial charge in [-0.3, -0.25) is 0 Å². The van der Waals surface area contributed by atoms with Crippen LogP contribution < -0.4 is 20.2 Å². The molecule has 0 heterocycles. The summed E-state index contributed by atoms with van der Waals surface area (Å²) in [6.07, 6.45) is 4.88. The molecule has 2 N–H and O–H groups in total. The van der Waals surface area contributed by atoms with E-state index in [-0.39, 0.29) is 0 Å². The normalized spacial score (nSPS) is 10.6. The molecule has 27 heavy (non-hydrogen) atoms. The Kier molecular flexibility index (Phi) is 8.69. The molecule has 0 unspecified atom stereocenters. The van der Waals surface area contributed by atoms with Gasteiger partial charge in [0.2, 0.25) is 0 Å². The summed E-state index contributed by atoms with van der Waals surface area (Å²) >= 11 is 0. The highest BCUT2D eigenvalue weighted by Gasteiger charge is 2.06. The van der Waals surface area contributed by atoms with Gasteiger partial charge in [-0.15, -0.1) is 0 Å². The Hall–Kier alpha value is -3.02. The molecule has 0 fully saturated rings. The Bertz CT molecular complexity index is 733. The first-order valence-electron chi connectivity index (χ1n) is 9.27. The fraction of sp³-hybridized carbons (Fsp3) is 0.333. The molecule has 0 aliphatic rings. The van der Waals surface area contributed by atoms with Gasteiger partial charge in [-0.1, -0.05) is 38.0 Å². The van der Waals surface area contributed by atoms with Crippen LogP contribution in [0.4, 0.5) is 10.5 Å². The summed E-state index contributed by atoms with van der Waals surface area (Å²) in [7, 11) is 0. The number of hydrogen-bond donors (Lipinski definition) is 2. The molecule has 0 spiro atoms. The van der Waals surface area contributed by atoms with Gasteiger partial charge in [-0.05, 0) is 49.2 Å². The zero-order valence-electron chi connectivity index (χ0n) is 15.9. The lowest BCUT2D eigenvalue weighted by molar-refractivity contribution is 0.252. The van der Waals surface area contributed by atoms with Gasteiger partial charge >= 0.3 is 6.03 Å². The molecule has 6 nitrogen and oxygen atoms in total. The van der Waals surface area contributed by atoms with E-state index in [0.717, 1.165) is 30.6 Å². The minimum atomic E-state index is -0.404. The van der Waals surface area contributed by atoms with Crippen molar-refractivity contribution in [2.45, 2.75) is 33.1 Å². The van der Waals surface area contributed by atoms with Crippen molar-refractivity contribution in [3.05, 3.63) is 54.1 Å². The van der Waals surface area contributed by atoms with Crippen LogP contribution in [0, 0.1) is 0 Å². The monoisotopic (exact) mass is 369 g/mol. The molecule has 144 valence electrons. The SMILES string of the molecule is CCCCCOc1ccc(/C=N/NC(=O)Nc2ccccc2)cc1OCC. The molecule has 2 aromatic rings. The molecule has 0 saturated heterocycles. The van der Waals surface area contributed by atoms with Crippen molar-refractivity contribution in [2.75, 3.05) is 18.5 Å². The average Bonchev–Trinajstić information content (AvgIpc) is 2.67. The Morgan fingerprint density at radius 2 is 1.85 bits per heavy atom. The smallest absolute Gasteiger partial charge is 0.339 e. The van der Waals surface area contributed by atoms with Crippen molar-refractivity contribution in [3.8, 4) is 11.5 Å². The molecule has 0 aliphatic carbocycles. The number of rotatable bonds is 10. The molecule has 0 aromatic heterocycles. The topological polar surface area (TPSA) is 72.0 Å². The number of nitrogens with zero attached hydrogens (tertiary/aromatic N) is 1. The third-order valence-corrected chi connectivity index (χ3v) is 3.68. The maximum atomic E-state index is 11.8. The van der Waals surface area contributed by atoms with Crippen LogP contribution >= 0.6 is 0 Å². The molecule has 0 atom stereocenters. The summed E-state index contributed by atoms with van der Waals surface area (Å²) in [5.41, 5.74) is 3.95. The first kappa shape index (κ1) is 20.3. The maximum Gasteiger partial charge on any atom is 0.339 e. The summed E-state index contributed by atoms with van der Waals surface area (Å²) in [6, 6.07) is 14.4. The van der Waals surface area contributed by atoms with E-state index < -0.39 is 6.03 Å². The predicted octanol–water partition coefficient (Wildman–Crippen LogP) is 4.81. The average molecular weight is 369 g/mol. The van der Waals surface area contributed by atoms with E-state index in [9.17, 15) is 4.79 Å². The number of carbonyl (C=O) groups is 1. The second-order valence-corrected chi connectivity index (χ2v) is 5.88. The number of ether oxygens (including phenoxy) is 2. The maximum absolute atomic E-state index is 11.8. The zero-order chi connectivity index (χ0) is 19.3. The van der Waals surface area contributed by atoms with E-state index in [1.807, 2.05) is 43.3 Å². The van der Waals surface area contributed by atoms with Gasteiger partial charge in [0, 0.05) is 5.69 Å². The quantitative estimate of drug-likeness (QED) is 0.359. The van der Waals surface area contributed by atoms with E-state index in [1.54, 1.807) is 18.3 Å². The number of urea groups is 1. The molecule has 6 heteroatoms. The molecular weight excluding hydrogens is 342 g/mol. The van der Waals surface area contributed by atoms with Crippen molar-refractivity contribution in [1.82, 2.24) is 5.43 Å². The number of anilines is 1. The Morgan fingerprint density at radius 1 is 1.04 bits per heavy atom. The molecule has 2 amide bonds. The summed E-state index contributed by atoms with van der Waals surface area (Å²) in [4.78, 5) is 11.8. The summed E-state index contributed by atoms with van der Waals surface area (Å²) < 4.78 is 11.5. The standard InChI is InChI=1S/C21H27N3O3/c1-3-5-9-14-27-19-13-12-17(15-20(19)26-4-2)16-22-24-21(25)23-18-10-7-6-8-11-18/h6-8,10-13,15-16H,3-5,9,14H2,1-2H3,(H2,23,24,25)/b22-16+. The molecule has 0 radical (unpaired) electrons. The van der Waals surface area contributed by atoms with Crippen LogP contribution in [0.15, 0.2) is 53.6 Å². The highest BCUT2D eigenvalue weighted by molar-refractivity contribution is 5.90. The fourth-order valence-electron chi connectivity index (χ4n) is 2.37. The van der Waals surface area contributed by atoms with Crippen LogP contribution in [0.3, 0.4) is 0 Å². The predicted molar refractivity (Wildman–Crippen MR) is 109 cm³/mol. The first-order valence-corrected chi connectivity index (χ1v) is 9.27. The van der Waals surface area contributed by atoms with Crippen LogP contribution in [0.2, 0.25) is 0 Å². The van der Waals surface area contributed by atoms with Crippen molar-refractivity contribution in [2.24, 2.45) is 5.10 Å². The lowest BCUT2D eigenvalue weighted by atomic mass is 10.2. The van der Waals surface area contributed by atoms with Gasteiger partial charge in [0.1, 0.15) is 0 Å². The van der Waals surface area contributed by atoms with Gasteiger partial charge in [0.15, 0.2) is 11.5 Å². The minimum absolute atomic E-state index is 0.404. The number of para-hydroxylation sites is 1. The van der Waals surface area contributed by atoms with Gasteiger partial charge in [-0.25, -0.2) is 10.2 Å². The Morgan fingerprint density at radius 3 is 2.59 bits per heavy atom. The molecule has 2 aromatic carbocycles. The highest BCUT2D eigenvalue weighted by atomic mass is 16.5. The van der Waals surface area contributed by atoms with E-state index in [0.29, 0.717) is 24.7 Å². The van der Waals surface area contributed by atoms with E-state index >= 15 is 0 Å². The summed E-state index contributed by atoms with van der Waals surface area (Å²) in [5, 5.41) is 6.67. The van der Waals surface area contributed by atoms with Crippen molar-refractivity contribution < 1.29 is 14.3 Å². The molecule has 0 aliphatic heterocycles. The minimum Gasteiger partial charge on any atom is -0.490 e. The second kappa shape index (κ2) is 11.6. The number of hydrazone groups is 1. The van der Waals surface area contributed by atoms with Gasteiger partial charge in [0.05, 0.1) is 19.4 Å². The molecule has 0 saturated carbocycles. The molecular formula is C21H27N3O3. The van der Waals surface area contributed by atoms with E-state index in [2.05, 4.69) is 22.8 Å². The number of benzene rings is 2. The number of nitrogens with one attached hydrogen (secondary N) is 2. The fourth-order valence-corrected chi connectivity index (χ4v) is 2.37. The van der Waals surface area contributed by atoms with Crippen LogP contribution in [0.1, 0.15) is 38.7 Å². The van der Waals surface area contributed by atoms with Crippen LogP contribution in [0.25, 0.3) is 0 Å². The Balaban J connectivity index is 1.91. The van der Waals surface area contributed by atoms with Crippen molar-refractivity contribution in [3.63, 3.8) is 0 Å². The van der Waals surface area contributed by atoms with Gasteiger partial charge in [-0.2, -0.15) is 5.10 Å². The zero-order valence-corrected chi connectivity index (χ0v) is 15.9. The lowest BCUT2D eigenvalue weighted by Crippen LogP contribution is -2.24. The van der Waals surface area contributed by atoms with Crippen LogP contribution in [-0.2, 0) is 0 Å². The number of carbonyl (C=O) groups excluding carboxylic acids is 1. The Labute approximate surface area is 160 Å². The summed E-state index contributed by atoms with van der Waals surface area (Å²) in [6.45, 7) is 5.30. The van der Waals surface area contributed by atoms with Crippen LogP contribution in [-0.4, -0.2) is 25.5 Å². The number of hydrogen-bond acceptors (Lipinski definition) is 4. The van der Waals surface area contributed by atoms with E-state index in [4.69, 9.17) is 9.47 Å². The van der Waals surface area contributed by atoms with Gasteiger partial charge in [0.25, 0.3) is 0 Å². The third-order valence-electron chi connectivity index (χ3n) is 3.68. The van der Waals surface area contributed by atoms with Crippen molar-refractivity contribution >= 4 is 17.9 Å². The van der Waals surface area contributed by atoms with Gasteiger partial charge < -0.3 is 14.8 Å². The third kappa shape index (κ3) is 7.40. The highest BCUT2D eigenvalue weighted by Crippen LogP contribution is 2.28. The van der Waals surface area contributed by atoms with Crippen LogP contribution in [0.5, 0.6) is 11.5 Å². The molecule has 2 rings (SSSR count). The first-order chi connectivity index (χ1) is 13.2. The second-order valence-electron chi connectivity index (χ2n) is 5.88. The van der Waals surface area contributed by atoms with E-state index in [1.165, 1.54) is 0 Å². The largest absolute Gasteiger partial charge is 0.490 e. The van der Waals surface area contributed by atoms with Crippen molar-refractivity contribution in [1.29, 1.82) is 0 Å². The number of amides is 2. The summed E-state index contributed by atoms with van der Waals surface area (Å²) in [5.74, 6) is 1.39. The lowest BCUT2D eigenvalue weighted by Gasteiger charge is -2.12. The molecule has 0 bridgehead atoms. The number of unbranched alkanes of at least 4 members (excludes halogenated alkanes) is 2.